The van der Waals surface area contributed by atoms with Gasteiger partial charge in [0.15, 0.2) is 12.7 Å². The Labute approximate surface area is 174 Å². The van der Waals surface area contributed by atoms with Crippen LogP contribution in [0.2, 0.25) is 0 Å². The van der Waals surface area contributed by atoms with Crippen LogP contribution in [0.25, 0.3) is 0 Å². The number of carbonyl (C=O) groups is 2. The Bertz CT molecular complexity index is 866. The first-order valence-corrected chi connectivity index (χ1v) is 9.72. The number of hydrogen-bond donors (Lipinski definition) is 1. The number of methoxy groups -OCH3 is 1. The molecule has 1 aliphatic heterocycles. The van der Waals surface area contributed by atoms with Gasteiger partial charge in [-0.05, 0) is 29.8 Å². The first-order valence-electron chi connectivity index (χ1n) is 9.72. The molecule has 160 valence electrons. The van der Waals surface area contributed by atoms with Gasteiger partial charge in [-0.25, -0.2) is 9.18 Å². The van der Waals surface area contributed by atoms with E-state index in [1.165, 1.54) is 13.2 Å². The molecule has 1 heterocycles. The van der Waals surface area contributed by atoms with Gasteiger partial charge in [-0.3, -0.25) is 4.79 Å². The number of carboxylic acids is 1. The minimum Gasteiger partial charge on any atom is -0.484 e. The van der Waals surface area contributed by atoms with Gasteiger partial charge < -0.3 is 24.4 Å². The Morgan fingerprint density at radius 1 is 1.07 bits per heavy atom. The van der Waals surface area contributed by atoms with Gasteiger partial charge in [0.2, 0.25) is 0 Å². The molecule has 30 heavy (non-hydrogen) atoms. The van der Waals surface area contributed by atoms with Gasteiger partial charge >= 0.3 is 5.97 Å². The summed E-state index contributed by atoms with van der Waals surface area (Å²) in [7, 11) is 1.36. The second kappa shape index (κ2) is 10.1. The molecular weight excluding hydrogens is 391 g/mol. The highest BCUT2D eigenvalue weighted by Crippen LogP contribution is 2.20. The van der Waals surface area contributed by atoms with E-state index in [1.807, 2.05) is 4.90 Å². The van der Waals surface area contributed by atoms with Crippen LogP contribution in [0.1, 0.15) is 5.56 Å². The van der Waals surface area contributed by atoms with E-state index in [2.05, 4.69) is 0 Å². The molecule has 8 heteroatoms. The molecule has 0 aromatic heterocycles. The first kappa shape index (κ1) is 21.6. The monoisotopic (exact) mass is 416 g/mol. The lowest BCUT2D eigenvalue weighted by Gasteiger charge is -2.36. The number of hydrogen-bond acceptors (Lipinski definition) is 5. The van der Waals surface area contributed by atoms with E-state index in [0.717, 1.165) is 5.56 Å². The molecule has 0 saturated carbocycles. The minimum absolute atomic E-state index is 0.0884. The summed E-state index contributed by atoms with van der Waals surface area (Å²) in [4.78, 5) is 27.1. The van der Waals surface area contributed by atoms with Crippen molar-refractivity contribution in [2.24, 2.45) is 0 Å². The lowest BCUT2D eigenvalue weighted by atomic mass is 10.1. The lowest BCUT2D eigenvalue weighted by molar-refractivity contribution is -0.148. The van der Waals surface area contributed by atoms with Crippen molar-refractivity contribution in [2.45, 2.75) is 12.5 Å². The van der Waals surface area contributed by atoms with E-state index in [9.17, 15) is 14.0 Å². The van der Waals surface area contributed by atoms with Crippen molar-refractivity contribution in [3.05, 3.63) is 59.9 Å². The van der Waals surface area contributed by atoms with E-state index < -0.39 is 12.1 Å². The van der Waals surface area contributed by atoms with Crippen LogP contribution in [0.15, 0.2) is 48.5 Å². The predicted molar refractivity (Wildman–Crippen MR) is 109 cm³/mol. The number of aliphatic carboxylic acids is 1. The highest BCUT2D eigenvalue weighted by Gasteiger charge is 2.23. The molecule has 1 N–H and O–H groups in total. The van der Waals surface area contributed by atoms with Crippen molar-refractivity contribution in [3.8, 4) is 5.75 Å². The largest absolute Gasteiger partial charge is 0.484 e. The normalized spacial score (nSPS) is 15.0. The van der Waals surface area contributed by atoms with Crippen molar-refractivity contribution in [1.82, 2.24) is 4.90 Å². The van der Waals surface area contributed by atoms with Gasteiger partial charge in [0.1, 0.15) is 11.6 Å². The topological polar surface area (TPSA) is 79.3 Å². The van der Waals surface area contributed by atoms with Crippen molar-refractivity contribution in [2.75, 3.05) is 44.8 Å². The van der Waals surface area contributed by atoms with Gasteiger partial charge in [0.05, 0.1) is 5.69 Å². The fourth-order valence-electron chi connectivity index (χ4n) is 3.35. The summed E-state index contributed by atoms with van der Waals surface area (Å²) in [5, 5.41) is 9.04. The molecule has 1 atom stereocenters. The van der Waals surface area contributed by atoms with Crippen LogP contribution in [-0.2, 0) is 20.7 Å². The molecule has 3 rings (SSSR count). The van der Waals surface area contributed by atoms with E-state index in [-0.39, 0.29) is 24.8 Å². The summed E-state index contributed by atoms with van der Waals surface area (Å²) < 4.78 is 24.4. The highest BCUT2D eigenvalue weighted by molar-refractivity contribution is 5.78. The average Bonchev–Trinajstić information content (AvgIpc) is 2.77. The quantitative estimate of drug-likeness (QED) is 0.711. The van der Waals surface area contributed by atoms with Crippen LogP contribution in [0.3, 0.4) is 0 Å². The number of rotatable bonds is 8. The third-order valence-electron chi connectivity index (χ3n) is 5.09. The van der Waals surface area contributed by atoms with E-state index in [0.29, 0.717) is 37.6 Å². The summed E-state index contributed by atoms with van der Waals surface area (Å²) in [5.74, 6) is -0.873. The van der Waals surface area contributed by atoms with Gasteiger partial charge in [-0.2, -0.15) is 0 Å². The average molecular weight is 416 g/mol. The summed E-state index contributed by atoms with van der Waals surface area (Å²) in [5.41, 5.74) is 1.35. The molecule has 1 saturated heterocycles. The van der Waals surface area contributed by atoms with E-state index >= 15 is 0 Å². The Hall–Kier alpha value is -3.13. The van der Waals surface area contributed by atoms with Crippen LogP contribution < -0.4 is 9.64 Å². The molecule has 0 spiro atoms. The maximum atomic E-state index is 13.9. The van der Waals surface area contributed by atoms with E-state index in [4.69, 9.17) is 14.6 Å². The third-order valence-corrected chi connectivity index (χ3v) is 5.09. The number of amides is 1. The van der Waals surface area contributed by atoms with Crippen molar-refractivity contribution in [3.63, 3.8) is 0 Å². The van der Waals surface area contributed by atoms with E-state index in [1.54, 1.807) is 47.4 Å². The van der Waals surface area contributed by atoms with Gasteiger partial charge in [0, 0.05) is 39.7 Å². The maximum Gasteiger partial charge on any atom is 0.333 e. The number of para-hydroxylation sites is 1. The Balaban J connectivity index is 1.46. The first-order chi connectivity index (χ1) is 14.5. The van der Waals surface area contributed by atoms with Crippen LogP contribution in [0, 0.1) is 5.82 Å². The number of nitrogens with zero attached hydrogens (tertiary/aromatic N) is 2. The molecule has 0 radical (unpaired) electrons. The summed E-state index contributed by atoms with van der Waals surface area (Å²) in [6, 6.07) is 13.5. The lowest BCUT2D eigenvalue weighted by Crippen LogP contribution is -2.50. The molecule has 1 amide bonds. The number of piperazine rings is 1. The Morgan fingerprint density at radius 2 is 1.73 bits per heavy atom. The molecular formula is C22H25FN2O5. The van der Waals surface area contributed by atoms with Gasteiger partial charge in [0.25, 0.3) is 5.91 Å². The van der Waals surface area contributed by atoms with Crippen molar-refractivity contribution >= 4 is 17.6 Å². The third kappa shape index (κ3) is 5.48. The molecule has 7 nitrogen and oxygen atoms in total. The standard InChI is InChI=1S/C22H25FN2O5/c1-29-20(22(27)28)14-16-6-8-17(9-7-16)30-15-21(26)25-12-10-24(11-13-25)19-5-3-2-4-18(19)23/h2-9,20H,10-15H2,1H3,(H,27,28). The van der Waals surface area contributed by atoms with Crippen LogP contribution in [0.5, 0.6) is 5.75 Å². The van der Waals surface area contributed by atoms with Gasteiger partial charge in [-0.1, -0.05) is 24.3 Å². The second-order valence-electron chi connectivity index (χ2n) is 7.02. The number of anilines is 1. The number of benzene rings is 2. The summed E-state index contributed by atoms with van der Waals surface area (Å²) >= 11 is 0. The molecule has 1 fully saturated rings. The molecule has 0 aliphatic carbocycles. The fourth-order valence-corrected chi connectivity index (χ4v) is 3.35. The van der Waals surface area contributed by atoms with Crippen molar-refractivity contribution in [1.29, 1.82) is 0 Å². The molecule has 2 aromatic carbocycles. The highest BCUT2D eigenvalue weighted by atomic mass is 19.1. The van der Waals surface area contributed by atoms with Crippen LogP contribution >= 0.6 is 0 Å². The molecule has 0 bridgehead atoms. The molecule has 2 aromatic rings. The second-order valence-corrected chi connectivity index (χ2v) is 7.02. The predicted octanol–water partition coefficient (Wildman–Crippen LogP) is 2.20. The number of halogens is 1. The molecule has 1 aliphatic rings. The fraction of sp³-hybridized carbons (Fsp3) is 0.364. The number of carbonyl (C=O) groups excluding carboxylic acids is 1. The minimum atomic E-state index is -1.02. The maximum absolute atomic E-state index is 13.9. The van der Waals surface area contributed by atoms with Crippen LogP contribution in [-0.4, -0.2) is 67.9 Å². The zero-order valence-electron chi connectivity index (χ0n) is 16.8. The zero-order valence-corrected chi connectivity index (χ0v) is 16.8. The summed E-state index contributed by atoms with van der Waals surface area (Å²) in [6.07, 6.45) is -0.654. The van der Waals surface area contributed by atoms with Crippen molar-refractivity contribution < 1.29 is 28.6 Å². The SMILES string of the molecule is COC(Cc1ccc(OCC(=O)N2CCN(c3ccccc3F)CC2)cc1)C(=O)O. The zero-order chi connectivity index (χ0) is 21.5. The molecule has 1 unspecified atom stereocenters. The summed E-state index contributed by atoms with van der Waals surface area (Å²) in [6.45, 7) is 2.04. The van der Waals surface area contributed by atoms with Gasteiger partial charge in [-0.15, -0.1) is 0 Å². The Morgan fingerprint density at radius 3 is 2.33 bits per heavy atom. The number of carboxylic acid groups (broad SMARTS) is 1. The Kier molecular flexibility index (Phi) is 7.24. The van der Waals surface area contributed by atoms with Crippen LogP contribution in [0.4, 0.5) is 10.1 Å². The number of ether oxygens (including phenoxy) is 2. The smallest absolute Gasteiger partial charge is 0.333 e.